The summed E-state index contributed by atoms with van der Waals surface area (Å²) in [4.78, 5) is 2.92. The van der Waals surface area contributed by atoms with E-state index in [4.69, 9.17) is 0 Å². The Morgan fingerprint density at radius 2 is 1.58 bits per heavy atom. The molecule has 0 saturated carbocycles. The fraction of sp³-hybridized carbons (Fsp3) is 0.0769. The van der Waals surface area contributed by atoms with E-state index < -0.39 is 0 Å². The summed E-state index contributed by atoms with van der Waals surface area (Å²) in [5, 5.41) is 18.6. The van der Waals surface area contributed by atoms with Crippen LogP contribution >= 0.6 is 25.3 Å². The Labute approximate surface area is 120 Å². The molecule has 0 bridgehead atoms. The predicted octanol–water partition coefficient (Wildman–Crippen LogP) is 3.01. The molecule has 0 saturated heterocycles. The van der Waals surface area contributed by atoms with Crippen LogP contribution in [0.1, 0.15) is 5.56 Å². The van der Waals surface area contributed by atoms with Gasteiger partial charge in [0.05, 0.1) is 0 Å². The van der Waals surface area contributed by atoms with Crippen molar-refractivity contribution >= 4 is 36.3 Å². The number of phenols is 1. The van der Waals surface area contributed by atoms with Gasteiger partial charge >= 0.3 is 0 Å². The topological polar surface area (TPSA) is 50.9 Å². The van der Waals surface area contributed by atoms with Gasteiger partial charge in [0.1, 0.15) is 22.5 Å². The Morgan fingerprint density at radius 3 is 2.16 bits per heavy atom. The molecule has 0 aliphatic rings. The number of fused-ring (bicyclic) bond motifs is 1. The van der Waals surface area contributed by atoms with Crippen molar-refractivity contribution in [3.8, 4) is 11.4 Å². The van der Waals surface area contributed by atoms with Gasteiger partial charge in [0.25, 0.3) is 0 Å². The van der Waals surface area contributed by atoms with E-state index in [2.05, 4.69) is 35.5 Å². The highest BCUT2D eigenvalue weighted by molar-refractivity contribution is 7.83. The van der Waals surface area contributed by atoms with Gasteiger partial charge < -0.3 is 5.11 Å². The molecule has 0 amide bonds. The minimum absolute atomic E-state index is 0.142. The van der Waals surface area contributed by atoms with Crippen molar-refractivity contribution in [2.45, 2.75) is 16.7 Å². The summed E-state index contributed by atoms with van der Waals surface area (Å²) in [7, 11) is 0. The quantitative estimate of drug-likeness (QED) is 0.604. The highest BCUT2D eigenvalue weighted by atomic mass is 32.1. The van der Waals surface area contributed by atoms with Crippen LogP contribution in [0.25, 0.3) is 16.7 Å². The number of hydrogen-bond acceptors (Lipinski definition) is 5. The number of aromatic hydroxyl groups is 1. The monoisotopic (exact) mass is 289 g/mol. The summed E-state index contributed by atoms with van der Waals surface area (Å²) in [6.07, 6.45) is 0. The maximum atomic E-state index is 9.89. The predicted molar refractivity (Wildman–Crippen MR) is 79.8 cm³/mol. The highest BCUT2D eigenvalue weighted by Gasteiger charge is 2.10. The van der Waals surface area contributed by atoms with E-state index in [1.807, 2.05) is 19.1 Å². The molecule has 19 heavy (non-hydrogen) atoms. The second-order valence-electron chi connectivity index (χ2n) is 4.31. The zero-order valence-electron chi connectivity index (χ0n) is 10.1. The third-order valence-electron chi connectivity index (χ3n) is 2.82. The second-order valence-corrected chi connectivity index (χ2v) is 5.27. The standard InChI is InChI=1S/C13H11N3OS2/c1-7-2-3-11(17)10(4-7)16-14-8-5-12(18)13(19)6-9(8)15-16/h2-6,17-19H,1H3. The van der Waals surface area contributed by atoms with Crippen LogP contribution < -0.4 is 0 Å². The van der Waals surface area contributed by atoms with Crippen LogP contribution in [0.5, 0.6) is 5.75 Å². The smallest absolute Gasteiger partial charge is 0.143 e. The molecule has 6 heteroatoms. The molecule has 4 nitrogen and oxygen atoms in total. The number of benzene rings is 2. The summed E-state index contributed by atoms with van der Waals surface area (Å²) >= 11 is 8.61. The fourth-order valence-electron chi connectivity index (χ4n) is 1.84. The molecule has 0 unspecified atom stereocenters. The molecule has 0 radical (unpaired) electrons. The van der Waals surface area contributed by atoms with Crippen LogP contribution in [0.4, 0.5) is 0 Å². The number of aryl methyl sites for hydroxylation is 1. The van der Waals surface area contributed by atoms with E-state index in [0.29, 0.717) is 16.7 Å². The number of aromatic nitrogens is 3. The highest BCUT2D eigenvalue weighted by Crippen LogP contribution is 2.26. The number of hydrogen-bond donors (Lipinski definition) is 3. The number of thiol groups is 2. The van der Waals surface area contributed by atoms with E-state index in [1.54, 1.807) is 18.2 Å². The second kappa shape index (κ2) is 4.47. The Kier molecular flexibility index (Phi) is 2.91. The van der Waals surface area contributed by atoms with Crippen molar-refractivity contribution in [1.29, 1.82) is 0 Å². The summed E-state index contributed by atoms with van der Waals surface area (Å²) in [6, 6.07) is 8.90. The fourth-order valence-corrected chi connectivity index (χ4v) is 2.22. The lowest BCUT2D eigenvalue weighted by atomic mass is 10.2. The molecular weight excluding hydrogens is 278 g/mol. The lowest BCUT2D eigenvalue weighted by Gasteiger charge is -2.03. The largest absolute Gasteiger partial charge is 0.506 e. The van der Waals surface area contributed by atoms with E-state index in [0.717, 1.165) is 15.4 Å². The minimum Gasteiger partial charge on any atom is -0.506 e. The van der Waals surface area contributed by atoms with Crippen molar-refractivity contribution in [2.24, 2.45) is 0 Å². The van der Waals surface area contributed by atoms with Gasteiger partial charge in [-0.05, 0) is 36.8 Å². The van der Waals surface area contributed by atoms with Crippen LogP contribution in [-0.2, 0) is 0 Å². The minimum atomic E-state index is 0.142. The SMILES string of the molecule is Cc1ccc(O)c(-n2nc3cc(S)c(S)cc3n2)c1. The average molecular weight is 289 g/mol. The summed E-state index contributed by atoms with van der Waals surface area (Å²) < 4.78 is 0. The maximum Gasteiger partial charge on any atom is 0.143 e. The van der Waals surface area contributed by atoms with E-state index in [-0.39, 0.29) is 5.75 Å². The van der Waals surface area contributed by atoms with Crippen molar-refractivity contribution in [1.82, 2.24) is 15.0 Å². The van der Waals surface area contributed by atoms with Crippen LogP contribution in [0.2, 0.25) is 0 Å². The normalized spacial score (nSPS) is 11.1. The first-order valence-corrected chi connectivity index (χ1v) is 6.53. The first kappa shape index (κ1) is 12.4. The van der Waals surface area contributed by atoms with Crippen molar-refractivity contribution in [2.75, 3.05) is 0 Å². The number of phenolic OH excluding ortho intramolecular Hbond substituents is 1. The first-order valence-electron chi connectivity index (χ1n) is 5.63. The third-order valence-corrected chi connectivity index (χ3v) is 3.74. The molecule has 3 rings (SSSR count). The van der Waals surface area contributed by atoms with Crippen LogP contribution in [0, 0.1) is 6.92 Å². The van der Waals surface area contributed by atoms with Gasteiger partial charge in [-0.3, -0.25) is 0 Å². The van der Waals surface area contributed by atoms with Crippen molar-refractivity contribution in [3.63, 3.8) is 0 Å². The van der Waals surface area contributed by atoms with Gasteiger partial charge in [-0.1, -0.05) is 6.07 Å². The van der Waals surface area contributed by atoms with Crippen molar-refractivity contribution < 1.29 is 5.11 Å². The van der Waals surface area contributed by atoms with Crippen LogP contribution in [0.3, 0.4) is 0 Å². The zero-order valence-corrected chi connectivity index (χ0v) is 11.9. The number of nitrogens with zero attached hydrogens (tertiary/aromatic N) is 3. The third kappa shape index (κ3) is 2.17. The van der Waals surface area contributed by atoms with Gasteiger partial charge in [-0.2, -0.15) is 0 Å². The van der Waals surface area contributed by atoms with Gasteiger partial charge in [0.2, 0.25) is 0 Å². The molecule has 0 aliphatic carbocycles. The Morgan fingerprint density at radius 1 is 1.00 bits per heavy atom. The van der Waals surface area contributed by atoms with Crippen molar-refractivity contribution in [3.05, 3.63) is 35.9 Å². The molecule has 96 valence electrons. The zero-order chi connectivity index (χ0) is 13.6. The molecule has 3 aromatic rings. The Bertz CT molecular complexity index is 744. The molecule has 0 spiro atoms. The van der Waals surface area contributed by atoms with Crippen LogP contribution in [0.15, 0.2) is 40.1 Å². The molecule has 2 aromatic carbocycles. The lowest BCUT2D eigenvalue weighted by Crippen LogP contribution is -1.99. The van der Waals surface area contributed by atoms with E-state index in [1.165, 1.54) is 4.80 Å². The number of rotatable bonds is 1. The van der Waals surface area contributed by atoms with Gasteiger partial charge in [-0.15, -0.1) is 40.3 Å². The molecule has 0 fully saturated rings. The molecular formula is C13H11N3OS2. The van der Waals surface area contributed by atoms with E-state index in [9.17, 15) is 5.11 Å². The molecule has 0 aliphatic heterocycles. The van der Waals surface area contributed by atoms with Gasteiger partial charge in [0.15, 0.2) is 0 Å². The molecule has 1 N–H and O–H groups in total. The first-order chi connectivity index (χ1) is 9.04. The van der Waals surface area contributed by atoms with Gasteiger partial charge in [-0.25, -0.2) is 0 Å². The van der Waals surface area contributed by atoms with E-state index >= 15 is 0 Å². The molecule has 1 aromatic heterocycles. The molecule has 1 heterocycles. The Balaban J connectivity index is 2.23. The lowest BCUT2D eigenvalue weighted by molar-refractivity contribution is 0.467. The van der Waals surface area contributed by atoms with Gasteiger partial charge in [0, 0.05) is 9.79 Å². The summed E-state index contributed by atoms with van der Waals surface area (Å²) in [6.45, 7) is 1.95. The summed E-state index contributed by atoms with van der Waals surface area (Å²) in [5.74, 6) is 0.142. The summed E-state index contributed by atoms with van der Waals surface area (Å²) in [5.41, 5.74) is 3.00. The molecule has 0 atom stereocenters. The average Bonchev–Trinajstić information content (AvgIpc) is 2.75. The Hall–Kier alpha value is -1.66. The maximum absolute atomic E-state index is 9.89. The van der Waals surface area contributed by atoms with Crippen LogP contribution in [-0.4, -0.2) is 20.1 Å².